The van der Waals surface area contributed by atoms with Crippen LogP contribution in [-0.4, -0.2) is 27.8 Å². The summed E-state index contributed by atoms with van der Waals surface area (Å²) in [6.45, 7) is 3.52. The van der Waals surface area contributed by atoms with Gasteiger partial charge in [-0.1, -0.05) is 12.1 Å². The maximum atomic E-state index is 12.9. The average molecular weight is 304 g/mol. The van der Waals surface area contributed by atoms with Gasteiger partial charge in [-0.3, -0.25) is 5.10 Å². The predicted octanol–water partition coefficient (Wildman–Crippen LogP) is 2.52. The number of H-pyrrole nitrogens is 1. The quantitative estimate of drug-likeness (QED) is 0.861. The van der Waals surface area contributed by atoms with Crippen LogP contribution in [0.15, 0.2) is 24.3 Å². The molecule has 0 radical (unpaired) electrons. The summed E-state index contributed by atoms with van der Waals surface area (Å²) in [4.78, 5) is 4.48. The van der Waals surface area contributed by atoms with Crippen LogP contribution in [-0.2, 0) is 17.7 Å². The number of hydrogen-bond donors (Lipinski definition) is 2. The molecule has 22 heavy (non-hydrogen) atoms. The van der Waals surface area contributed by atoms with Crippen LogP contribution in [0.4, 0.5) is 4.39 Å². The summed E-state index contributed by atoms with van der Waals surface area (Å²) in [5.74, 6) is 1.37. The molecule has 2 N–H and O–H groups in total. The van der Waals surface area contributed by atoms with Gasteiger partial charge >= 0.3 is 0 Å². The van der Waals surface area contributed by atoms with Crippen LogP contribution in [0.25, 0.3) is 0 Å². The molecule has 0 spiro atoms. The average Bonchev–Trinajstić information content (AvgIpc) is 3.18. The number of aromatic nitrogens is 3. The smallest absolute Gasteiger partial charge is 0.179 e. The zero-order chi connectivity index (χ0) is 15.4. The summed E-state index contributed by atoms with van der Waals surface area (Å²) in [6.07, 6.45) is 2.95. The van der Waals surface area contributed by atoms with E-state index in [0.717, 1.165) is 43.1 Å². The van der Waals surface area contributed by atoms with Crippen molar-refractivity contribution in [1.82, 2.24) is 20.5 Å². The Bertz CT molecular complexity index is 592. The summed E-state index contributed by atoms with van der Waals surface area (Å²) in [6, 6.07) is 6.88. The largest absolute Gasteiger partial charge is 0.370 e. The zero-order valence-corrected chi connectivity index (χ0v) is 12.7. The van der Waals surface area contributed by atoms with Gasteiger partial charge in [-0.15, -0.1) is 0 Å². The Hall–Kier alpha value is -1.79. The fourth-order valence-electron chi connectivity index (χ4n) is 2.63. The SMILES string of the molecule is CC(Cc1ccc(F)cc1)NCc1nc(C2CCCO2)n[nH]1. The first-order valence-corrected chi connectivity index (χ1v) is 7.71. The molecule has 1 aromatic carbocycles. The van der Waals surface area contributed by atoms with Gasteiger partial charge in [-0.25, -0.2) is 9.37 Å². The first kappa shape index (κ1) is 15.1. The number of nitrogens with zero attached hydrogens (tertiary/aromatic N) is 2. The lowest BCUT2D eigenvalue weighted by molar-refractivity contribution is 0.105. The van der Waals surface area contributed by atoms with Gasteiger partial charge in [0.15, 0.2) is 5.82 Å². The molecule has 2 unspecified atom stereocenters. The number of aromatic amines is 1. The zero-order valence-electron chi connectivity index (χ0n) is 12.7. The molecular formula is C16H21FN4O. The number of nitrogens with one attached hydrogen (secondary N) is 2. The minimum Gasteiger partial charge on any atom is -0.370 e. The monoisotopic (exact) mass is 304 g/mol. The van der Waals surface area contributed by atoms with Gasteiger partial charge in [-0.05, 0) is 43.9 Å². The van der Waals surface area contributed by atoms with E-state index < -0.39 is 0 Å². The molecule has 118 valence electrons. The van der Waals surface area contributed by atoms with Crippen LogP contribution in [0.3, 0.4) is 0 Å². The van der Waals surface area contributed by atoms with Crippen molar-refractivity contribution in [3.63, 3.8) is 0 Å². The van der Waals surface area contributed by atoms with Crippen molar-refractivity contribution >= 4 is 0 Å². The topological polar surface area (TPSA) is 62.8 Å². The minimum absolute atomic E-state index is 0.0432. The Labute approximate surface area is 129 Å². The molecule has 1 fully saturated rings. The van der Waals surface area contributed by atoms with Gasteiger partial charge in [0.2, 0.25) is 0 Å². The normalized spacial score (nSPS) is 19.5. The molecule has 0 bridgehead atoms. The number of rotatable bonds is 6. The number of ether oxygens (including phenoxy) is 1. The highest BCUT2D eigenvalue weighted by molar-refractivity contribution is 5.17. The maximum absolute atomic E-state index is 12.9. The standard InChI is InChI=1S/C16H21FN4O/c1-11(9-12-4-6-13(17)7-5-12)18-10-15-19-16(21-20-15)14-3-2-8-22-14/h4-7,11,14,18H,2-3,8-10H2,1H3,(H,19,20,21). The van der Waals surface area contributed by atoms with Gasteiger partial charge < -0.3 is 10.1 Å². The second-order valence-electron chi connectivity index (χ2n) is 5.75. The highest BCUT2D eigenvalue weighted by Crippen LogP contribution is 2.25. The lowest BCUT2D eigenvalue weighted by Gasteiger charge is -2.12. The molecule has 2 aromatic rings. The van der Waals surface area contributed by atoms with E-state index in [0.29, 0.717) is 6.54 Å². The first-order chi connectivity index (χ1) is 10.7. The maximum Gasteiger partial charge on any atom is 0.179 e. The van der Waals surface area contributed by atoms with E-state index in [1.54, 1.807) is 0 Å². The minimum atomic E-state index is -0.201. The highest BCUT2D eigenvalue weighted by atomic mass is 19.1. The second kappa shape index (κ2) is 6.98. The first-order valence-electron chi connectivity index (χ1n) is 7.71. The molecule has 1 aromatic heterocycles. The molecule has 0 aliphatic carbocycles. The highest BCUT2D eigenvalue weighted by Gasteiger charge is 2.21. The number of halogens is 1. The summed E-state index contributed by atoms with van der Waals surface area (Å²) < 4.78 is 18.4. The van der Waals surface area contributed by atoms with E-state index in [1.165, 1.54) is 12.1 Å². The van der Waals surface area contributed by atoms with Crippen molar-refractivity contribution in [1.29, 1.82) is 0 Å². The van der Waals surface area contributed by atoms with Gasteiger partial charge in [-0.2, -0.15) is 5.10 Å². The van der Waals surface area contributed by atoms with Crippen LogP contribution >= 0.6 is 0 Å². The van der Waals surface area contributed by atoms with Crippen molar-refractivity contribution < 1.29 is 9.13 Å². The number of benzene rings is 1. The fraction of sp³-hybridized carbons (Fsp3) is 0.500. The van der Waals surface area contributed by atoms with Gasteiger partial charge in [0, 0.05) is 12.6 Å². The Morgan fingerprint density at radius 2 is 2.23 bits per heavy atom. The van der Waals surface area contributed by atoms with Crippen LogP contribution in [0.5, 0.6) is 0 Å². The second-order valence-corrected chi connectivity index (χ2v) is 5.75. The molecule has 3 rings (SSSR count). The van der Waals surface area contributed by atoms with Crippen molar-refractivity contribution in [2.45, 2.75) is 44.9 Å². The third kappa shape index (κ3) is 3.90. The van der Waals surface area contributed by atoms with Gasteiger partial charge in [0.1, 0.15) is 17.7 Å². The van der Waals surface area contributed by atoms with Gasteiger partial charge in [0.25, 0.3) is 0 Å². The lowest BCUT2D eigenvalue weighted by atomic mass is 10.1. The Balaban J connectivity index is 1.48. The molecular weight excluding hydrogens is 283 g/mol. The van der Waals surface area contributed by atoms with E-state index in [9.17, 15) is 4.39 Å². The Morgan fingerprint density at radius 3 is 2.95 bits per heavy atom. The summed E-state index contributed by atoms with van der Waals surface area (Å²) in [7, 11) is 0. The molecule has 0 amide bonds. The van der Waals surface area contributed by atoms with Crippen LogP contribution in [0.1, 0.15) is 43.1 Å². The summed E-state index contributed by atoms with van der Waals surface area (Å²) >= 11 is 0. The molecule has 1 saturated heterocycles. The van der Waals surface area contributed by atoms with E-state index in [4.69, 9.17) is 4.74 Å². The third-order valence-corrected chi connectivity index (χ3v) is 3.84. The van der Waals surface area contributed by atoms with E-state index >= 15 is 0 Å². The third-order valence-electron chi connectivity index (χ3n) is 3.84. The van der Waals surface area contributed by atoms with Crippen molar-refractivity contribution in [3.05, 3.63) is 47.3 Å². The lowest BCUT2D eigenvalue weighted by Crippen LogP contribution is -2.28. The van der Waals surface area contributed by atoms with E-state index in [1.807, 2.05) is 12.1 Å². The Kier molecular flexibility index (Phi) is 4.80. The molecule has 2 atom stereocenters. The number of hydrogen-bond acceptors (Lipinski definition) is 4. The molecule has 1 aliphatic rings. The molecule has 1 aliphatic heterocycles. The van der Waals surface area contributed by atoms with Crippen LogP contribution < -0.4 is 5.32 Å². The summed E-state index contributed by atoms with van der Waals surface area (Å²) in [5, 5.41) is 10.6. The Morgan fingerprint density at radius 1 is 1.41 bits per heavy atom. The van der Waals surface area contributed by atoms with Crippen LogP contribution in [0, 0.1) is 5.82 Å². The molecule has 5 nitrogen and oxygen atoms in total. The van der Waals surface area contributed by atoms with Crippen LogP contribution in [0.2, 0.25) is 0 Å². The van der Waals surface area contributed by atoms with E-state index in [-0.39, 0.29) is 18.0 Å². The predicted molar refractivity (Wildman–Crippen MR) is 80.7 cm³/mol. The fourth-order valence-corrected chi connectivity index (χ4v) is 2.63. The molecule has 0 saturated carbocycles. The van der Waals surface area contributed by atoms with Gasteiger partial charge in [0.05, 0.1) is 6.54 Å². The van der Waals surface area contributed by atoms with Crippen molar-refractivity contribution in [2.24, 2.45) is 0 Å². The molecule has 2 heterocycles. The molecule has 6 heteroatoms. The van der Waals surface area contributed by atoms with Crippen molar-refractivity contribution in [3.8, 4) is 0 Å². The van der Waals surface area contributed by atoms with Crippen molar-refractivity contribution in [2.75, 3.05) is 6.61 Å². The van der Waals surface area contributed by atoms with E-state index in [2.05, 4.69) is 27.4 Å². The summed E-state index contributed by atoms with van der Waals surface area (Å²) in [5.41, 5.74) is 1.11.